The fourth-order valence-corrected chi connectivity index (χ4v) is 0.482. The van der Waals surface area contributed by atoms with Crippen LogP contribution in [-0.4, -0.2) is 29.6 Å². The Morgan fingerprint density at radius 2 is 2.50 bits per heavy atom. The molecule has 0 aliphatic carbocycles. The molecule has 1 N–H and O–H groups in total. The Balaban J connectivity index is 3.32. The van der Waals surface area contributed by atoms with Gasteiger partial charge >= 0.3 is 5.97 Å². The van der Waals surface area contributed by atoms with Crippen molar-refractivity contribution in [1.29, 1.82) is 0 Å². The maximum Gasteiger partial charge on any atom is 0.319 e. The van der Waals surface area contributed by atoms with Crippen molar-refractivity contribution in [1.82, 2.24) is 0 Å². The van der Waals surface area contributed by atoms with E-state index in [0.717, 1.165) is 0 Å². The molecule has 0 amide bonds. The minimum Gasteiger partial charge on any atom is -0.480 e. The van der Waals surface area contributed by atoms with E-state index in [1.807, 2.05) is 0 Å². The normalized spacial score (nSPS) is 13.2. The first kappa shape index (κ1) is 7.91. The molecule has 4 heteroatoms. The van der Waals surface area contributed by atoms with Crippen molar-refractivity contribution in [3.05, 3.63) is 0 Å². The van der Waals surface area contributed by atoms with Crippen molar-refractivity contribution in [3.8, 4) is 0 Å². The molecule has 48 valence electrons. The van der Waals surface area contributed by atoms with E-state index in [-0.39, 0.29) is 6.61 Å². The minimum atomic E-state index is -0.896. The maximum absolute atomic E-state index is 9.96. The average Bonchev–Trinajstić information content (AvgIpc) is 1.67. The summed E-state index contributed by atoms with van der Waals surface area (Å²) in [5.41, 5.74) is 0. The first-order valence-electron chi connectivity index (χ1n) is 2.04. The maximum atomic E-state index is 9.96. The van der Waals surface area contributed by atoms with Gasteiger partial charge in [0.05, 0.1) is 6.61 Å². The van der Waals surface area contributed by atoms with E-state index in [9.17, 15) is 4.79 Å². The molecule has 0 saturated heterocycles. The summed E-state index contributed by atoms with van der Waals surface area (Å²) in [6.07, 6.45) is 0. The highest BCUT2D eigenvalue weighted by molar-refractivity contribution is 9.10. The molecule has 0 spiro atoms. The molecule has 3 nitrogen and oxygen atoms in total. The molecule has 0 aromatic heterocycles. The van der Waals surface area contributed by atoms with E-state index in [0.29, 0.717) is 0 Å². The second-order valence-corrected chi connectivity index (χ2v) is 2.37. The molecule has 0 rings (SSSR count). The molecular formula is C4H7BrO3. The van der Waals surface area contributed by atoms with Crippen LogP contribution in [0.5, 0.6) is 0 Å². The van der Waals surface area contributed by atoms with Crippen LogP contribution in [-0.2, 0) is 9.53 Å². The molecule has 0 aliphatic rings. The third-order valence-corrected chi connectivity index (χ3v) is 1.24. The first-order valence-corrected chi connectivity index (χ1v) is 2.96. The number of aliphatic carboxylic acids is 1. The summed E-state index contributed by atoms with van der Waals surface area (Å²) < 4.78 is 4.54. The molecule has 8 heavy (non-hydrogen) atoms. The number of halogens is 1. The number of hydrogen-bond acceptors (Lipinski definition) is 2. The van der Waals surface area contributed by atoms with Crippen LogP contribution in [0.3, 0.4) is 0 Å². The predicted octanol–water partition coefficient (Wildman–Crippen LogP) is 0.481. The smallest absolute Gasteiger partial charge is 0.319 e. The van der Waals surface area contributed by atoms with Crippen molar-refractivity contribution < 1.29 is 14.6 Å². The summed E-state index contributed by atoms with van der Waals surface area (Å²) in [7, 11) is 1.46. The molecular weight excluding hydrogens is 176 g/mol. The summed E-state index contributed by atoms with van der Waals surface area (Å²) in [4.78, 5) is 9.39. The third kappa shape index (κ3) is 2.98. The van der Waals surface area contributed by atoms with Gasteiger partial charge in [0.15, 0.2) is 0 Å². The summed E-state index contributed by atoms with van der Waals surface area (Å²) >= 11 is 2.88. The van der Waals surface area contributed by atoms with E-state index < -0.39 is 10.8 Å². The molecule has 0 radical (unpaired) electrons. The summed E-state index contributed by atoms with van der Waals surface area (Å²) in [5, 5.41) is 8.19. The van der Waals surface area contributed by atoms with E-state index in [4.69, 9.17) is 5.11 Å². The van der Waals surface area contributed by atoms with Gasteiger partial charge in [-0.05, 0) is 0 Å². The van der Waals surface area contributed by atoms with Crippen molar-refractivity contribution in [2.45, 2.75) is 4.83 Å². The standard InChI is InChI=1S/C4H7BrO3/c1-8-2-3(5)4(6)7/h3H,2H2,1H3,(H,6,7). The van der Waals surface area contributed by atoms with Crippen LogP contribution in [0.15, 0.2) is 0 Å². The molecule has 0 aromatic rings. The molecule has 0 fully saturated rings. The van der Waals surface area contributed by atoms with Crippen molar-refractivity contribution >= 4 is 21.9 Å². The van der Waals surface area contributed by atoms with Crippen LogP contribution in [0.2, 0.25) is 0 Å². The van der Waals surface area contributed by atoms with E-state index in [2.05, 4.69) is 20.7 Å². The van der Waals surface area contributed by atoms with Gasteiger partial charge in [-0.3, -0.25) is 4.79 Å². The Morgan fingerprint density at radius 3 is 2.62 bits per heavy atom. The number of methoxy groups -OCH3 is 1. The summed E-state index contributed by atoms with van der Waals surface area (Å²) in [6, 6.07) is 0. The van der Waals surface area contributed by atoms with Crippen LogP contribution in [0.25, 0.3) is 0 Å². The van der Waals surface area contributed by atoms with Gasteiger partial charge in [0.1, 0.15) is 4.83 Å². The van der Waals surface area contributed by atoms with E-state index in [1.54, 1.807) is 0 Å². The van der Waals surface area contributed by atoms with Gasteiger partial charge in [0.25, 0.3) is 0 Å². The van der Waals surface area contributed by atoms with Crippen LogP contribution in [0.1, 0.15) is 0 Å². The summed E-state index contributed by atoms with van der Waals surface area (Å²) in [5.74, 6) is -0.896. The lowest BCUT2D eigenvalue weighted by Gasteiger charge is -1.99. The van der Waals surface area contributed by atoms with Gasteiger partial charge in [0.2, 0.25) is 0 Å². The van der Waals surface area contributed by atoms with Gasteiger partial charge in [-0.25, -0.2) is 0 Å². The molecule has 0 bridgehead atoms. The number of carbonyl (C=O) groups is 1. The van der Waals surface area contributed by atoms with E-state index in [1.165, 1.54) is 7.11 Å². The van der Waals surface area contributed by atoms with Gasteiger partial charge in [-0.1, -0.05) is 15.9 Å². The zero-order valence-electron chi connectivity index (χ0n) is 4.43. The molecule has 0 aromatic carbocycles. The van der Waals surface area contributed by atoms with Gasteiger partial charge < -0.3 is 9.84 Å². The largest absolute Gasteiger partial charge is 0.480 e. The molecule has 1 unspecified atom stereocenters. The van der Waals surface area contributed by atoms with Crippen LogP contribution in [0, 0.1) is 0 Å². The number of hydrogen-bond donors (Lipinski definition) is 1. The lowest BCUT2D eigenvalue weighted by atomic mass is 10.5. The quantitative estimate of drug-likeness (QED) is 0.647. The molecule has 1 atom stereocenters. The van der Waals surface area contributed by atoms with Gasteiger partial charge in [-0.2, -0.15) is 0 Å². The monoisotopic (exact) mass is 182 g/mol. The van der Waals surface area contributed by atoms with Crippen molar-refractivity contribution in [2.24, 2.45) is 0 Å². The number of rotatable bonds is 3. The highest BCUT2D eigenvalue weighted by Crippen LogP contribution is 1.97. The average molecular weight is 183 g/mol. The highest BCUT2D eigenvalue weighted by Gasteiger charge is 2.10. The Hall–Kier alpha value is -0.0900. The molecule has 0 heterocycles. The summed E-state index contributed by atoms with van der Waals surface area (Å²) in [6.45, 7) is 0.204. The zero-order valence-corrected chi connectivity index (χ0v) is 6.01. The van der Waals surface area contributed by atoms with Crippen molar-refractivity contribution in [2.75, 3.05) is 13.7 Å². The van der Waals surface area contributed by atoms with Crippen LogP contribution in [0.4, 0.5) is 0 Å². The zero-order chi connectivity index (χ0) is 6.57. The minimum absolute atomic E-state index is 0.204. The van der Waals surface area contributed by atoms with Crippen molar-refractivity contribution in [3.63, 3.8) is 0 Å². The lowest BCUT2D eigenvalue weighted by Crippen LogP contribution is -2.17. The van der Waals surface area contributed by atoms with E-state index >= 15 is 0 Å². The number of alkyl halides is 1. The fraction of sp³-hybridized carbons (Fsp3) is 0.750. The Morgan fingerprint density at radius 1 is 2.00 bits per heavy atom. The highest BCUT2D eigenvalue weighted by atomic mass is 79.9. The fourth-order valence-electron chi connectivity index (χ4n) is 0.218. The topological polar surface area (TPSA) is 46.5 Å². The van der Waals surface area contributed by atoms with Gasteiger partial charge in [0, 0.05) is 7.11 Å². The Bertz CT molecular complexity index is 83.4. The lowest BCUT2D eigenvalue weighted by molar-refractivity contribution is -0.137. The molecule has 0 saturated carbocycles. The Labute approximate surface area is 55.8 Å². The van der Waals surface area contributed by atoms with Crippen LogP contribution < -0.4 is 0 Å². The first-order chi connectivity index (χ1) is 3.68. The SMILES string of the molecule is COCC(Br)C(=O)O. The third-order valence-electron chi connectivity index (χ3n) is 0.581. The Kier molecular flexibility index (Phi) is 3.81. The van der Waals surface area contributed by atoms with Crippen LogP contribution >= 0.6 is 15.9 Å². The number of ether oxygens (including phenoxy) is 1. The molecule has 0 aliphatic heterocycles. The predicted molar refractivity (Wildman–Crippen MR) is 32.2 cm³/mol. The second-order valence-electron chi connectivity index (χ2n) is 1.26. The van der Waals surface area contributed by atoms with Gasteiger partial charge in [-0.15, -0.1) is 0 Å². The number of carboxylic acids is 1. The number of carboxylic acid groups (broad SMARTS) is 1. The second kappa shape index (κ2) is 3.86.